The molecular weight excluding hydrogens is 300 g/mol. The standard InChI is InChI=1S/C20H24N2O2/c1-13-6-4-9-17(14(13)2)19(18-11-21-12-22-18)15-7-5-8-16(10-15)20(23)24-3/h4,6,9,11-12,16H,5,7-8,10H2,1-3H3,(H,21,22)/b19-15-. The molecule has 0 bridgehead atoms. The van der Waals surface area contributed by atoms with E-state index in [1.807, 2.05) is 6.20 Å². The number of ether oxygens (including phenoxy) is 1. The number of aryl methyl sites for hydroxylation is 1. The van der Waals surface area contributed by atoms with Crippen LogP contribution in [0.15, 0.2) is 36.3 Å². The van der Waals surface area contributed by atoms with E-state index in [2.05, 4.69) is 42.0 Å². The molecule has 1 aromatic heterocycles. The number of esters is 1. The summed E-state index contributed by atoms with van der Waals surface area (Å²) in [5.41, 5.74) is 7.29. The number of nitrogens with zero attached hydrogens (tertiary/aromatic N) is 1. The average Bonchev–Trinajstić information content (AvgIpc) is 3.12. The highest BCUT2D eigenvalue weighted by molar-refractivity contribution is 5.83. The second-order valence-electron chi connectivity index (χ2n) is 6.51. The number of hydrogen-bond donors (Lipinski definition) is 1. The maximum atomic E-state index is 12.0. The van der Waals surface area contributed by atoms with Crippen molar-refractivity contribution in [1.82, 2.24) is 9.97 Å². The van der Waals surface area contributed by atoms with Crippen molar-refractivity contribution in [2.24, 2.45) is 5.92 Å². The highest BCUT2D eigenvalue weighted by Crippen LogP contribution is 2.38. The first-order valence-electron chi connectivity index (χ1n) is 8.47. The minimum atomic E-state index is -0.0999. The van der Waals surface area contributed by atoms with Crippen LogP contribution >= 0.6 is 0 Å². The van der Waals surface area contributed by atoms with Crippen LogP contribution in [0.1, 0.15) is 48.1 Å². The van der Waals surface area contributed by atoms with Crippen molar-refractivity contribution in [1.29, 1.82) is 0 Å². The topological polar surface area (TPSA) is 55.0 Å². The molecule has 4 nitrogen and oxygen atoms in total. The molecule has 0 spiro atoms. The van der Waals surface area contributed by atoms with Gasteiger partial charge in [-0.05, 0) is 56.2 Å². The molecule has 2 aromatic rings. The van der Waals surface area contributed by atoms with E-state index >= 15 is 0 Å². The van der Waals surface area contributed by atoms with Gasteiger partial charge in [0, 0.05) is 5.57 Å². The van der Waals surface area contributed by atoms with Gasteiger partial charge < -0.3 is 9.72 Å². The molecule has 1 aliphatic carbocycles. The number of aromatic amines is 1. The lowest BCUT2D eigenvalue weighted by molar-refractivity contribution is -0.146. The molecule has 0 radical (unpaired) electrons. The minimum absolute atomic E-state index is 0.0400. The predicted molar refractivity (Wildman–Crippen MR) is 94.5 cm³/mol. The third-order valence-corrected chi connectivity index (χ3v) is 5.05. The Labute approximate surface area is 143 Å². The summed E-state index contributed by atoms with van der Waals surface area (Å²) >= 11 is 0. The van der Waals surface area contributed by atoms with Crippen molar-refractivity contribution in [3.05, 3.63) is 58.7 Å². The molecule has 1 aliphatic rings. The molecule has 24 heavy (non-hydrogen) atoms. The number of carbonyl (C=O) groups excluding carboxylic acids is 1. The van der Waals surface area contributed by atoms with Crippen LogP contribution in [0.4, 0.5) is 0 Å². The molecule has 4 heteroatoms. The Morgan fingerprint density at radius 1 is 1.33 bits per heavy atom. The van der Waals surface area contributed by atoms with E-state index in [1.54, 1.807) is 6.33 Å². The number of aromatic nitrogens is 2. The van der Waals surface area contributed by atoms with Crippen molar-refractivity contribution in [3.8, 4) is 0 Å². The zero-order valence-electron chi connectivity index (χ0n) is 14.6. The van der Waals surface area contributed by atoms with Gasteiger partial charge in [-0.25, -0.2) is 4.98 Å². The lowest BCUT2D eigenvalue weighted by Crippen LogP contribution is -2.21. The van der Waals surface area contributed by atoms with Crippen LogP contribution in [-0.4, -0.2) is 23.0 Å². The zero-order chi connectivity index (χ0) is 17.1. The second-order valence-corrected chi connectivity index (χ2v) is 6.51. The molecule has 1 atom stereocenters. The van der Waals surface area contributed by atoms with Gasteiger partial charge >= 0.3 is 5.97 Å². The Balaban J connectivity index is 2.11. The van der Waals surface area contributed by atoms with Gasteiger partial charge in [0.2, 0.25) is 0 Å². The maximum absolute atomic E-state index is 12.0. The summed E-state index contributed by atoms with van der Waals surface area (Å²) in [6, 6.07) is 6.38. The van der Waals surface area contributed by atoms with Crippen molar-refractivity contribution >= 4 is 11.5 Å². The molecular formula is C20H24N2O2. The monoisotopic (exact) mass is 324 g/mol. The van der Waals surface area contributed by atoms with E-state index in [-0.39, 0.29) is 11.9 Å². The number of imidazole rings is 1. The molecule has 126 valence electrons. The van der Waals surface area contributed by atoms with Gasteiger partial charge in [-0.1, -0.05) is 23.8 Å². The van der Waals surface area contributed by atoms with Crippen molar-refractivity contribution in [2.45, 2.75) is 39.5 Å². The largest absolute Gasteiger partial charge is 0.469 e. The fourth-order valence-electron chi connectivity index (χ4n) is 3.60. The van der Waals surface area contributed by atoms with Crippen LogP contribution in [0.5, 0.6) is 0 Å². The maximum Gasteiger partial charge on any atom is 0.308 e. The van der Waals surface area contributed by atoms with Crippen LogP contribution in [-0.2, 0) is 9.53 Å². The Kier molecular flexibility index (Phi) is 4.84. The van der Waals surface area contributed by atoms with Crippen molar-refractivity contribution in [2.75, 3.05) is 7.11 Å². The number of hydrogen-bond acceptors (Lipinski definition) is 3. The SMILES string of the molecule is COC(=O)C1CCC/C(=C(/c2cnc[nH]2)c2cccc(C)c2C)C1. The third kappa shape index (κ3) is 3.14. The number of rotatable bonds is 3. The van der Waals surface area contributed by atoms with Gasteiger partial charge in [-0.2, -0.15) is 0 Å². The van der Waals surface area contributed by atoms with Gasteiger partial charge in [0.05, 0.1) is 31.2 Å². The van der Waals surface area contributed by atoms with Crippen LogP contribution in [0.3, 0.4) is 0 Å². The first-order valence-corrected chi connectivity index (χ1v) is 8.47. The number of nitrogens with one attached hydrogen (secondary N) is 1. The van der Waals surface area contributed by atoms with E-state index in [1.165, 1.54) is 34.9 Å². The summed E-state index contributed by atoms with van der Waals surface area (Å²) in [5.74, 6) is -0.140. The molecule has 0 aliphatic heterocycles. The molecule has 1 unspecified atom stereocenters. The quantitative estimate of drug-likeness (QED) is 0.861. The Morgan fingerprint density at radius 3 is 2.88 bits per heavy atom. The number of benzene rings is 1. The molecule has 1 saturated carbocycles. The Bertz CT molecular complexity index is 760. The highest BCUT2D eigenvalue weighted by atomic mass is 16.5. The first kappa shape index (κ1) is 16.5. The van der Waals surface area contributed by atoms with E-state index in [9.17, 15) is 4.79 Å². The van der Waals surface area contributed by atoms with Crippen LogP contribution in [0, 0.1) is 19.8 Å². The summed E-state index contributed by atoms with van der Waals surface area (Å²) < 4.78 is 4.98. The van der Waals surface area contributed by atoms with Gasteiger partial charge in [-0.3, -0.25) is 4.79 Å². The Morgan fingerprint density at radius 2 is 2.17 bits per heavy atom. The lowest BCUT2D eigenvalue weighted by atomic mass is 9.80. The molecule has 1 fully saturated rings. The smallest absolute Gasteiger partial charge is 0.308 e. The van der Waals surface area contributed by atoms with Crippen LogP contribution in [0.25, 0.3) is 5.57 Å². The molecule has 1 aromatic carbocycles. The van der Waals surface area contributed by atoms with E-state index in [4.69, 9.17) is 4.74 Å². The zero-order valence-corrected chi connectivity index (χ0v) is 14.6. The first-order chi connectivity index (χ1) is 11.6. The van der Waals surface area contributed by atoms with Gasteiger partial charge in [0.25, 0.3) is 0 Å². The normalized spacial score (nSPS) is 19.9. The average molecular weight is 324 g/mol. The van der Waals surface area contributed by atoms with E-state index < -0.39 is 0 Å². The molecule has 3 rings (SSSR count). The van der Waals surface area contributed by atoms with Crippen molar-refractivity contribution < 1.29 is 9.53 Å². The van der Waals surface area contributed by atoms with Crippen LogP contribution < -0.4 is 0 Å². The summed E-state index contributed by atoms with van der Waals surface area (Å²) in [6.07, 6.45) is 7.26. The van der Waals surface area contributed by atoms with Gasteiger partial charge in [0.15, 0.2) is 0 Å². The fraction of sp³-hybridized carbons (Fsp3) is 0.400. The van der Waals surface area contributed by atoms with E-state index in [0.29, 0.717) is 0 Å². The lowest BCUT2D eigenvalue weighted by Gasteiger charge is -2.25. The highest BCUT2D eigenvalue weighted by Gasteiger charge is 2.27. The van der Waals surface area contributed by atoms with Gasteiger partial charge in [-0.15, -0.1) is 0 Å². The summed E-state index contributed by atoms with van der Waals surface area (Å²) in [4.78, 5) is 19.5. The van der Waals surface area contributed by atoms with Crippen LogP contribution in [0.2, 0.25) is 0 Å². The molecule has 1 N–H and O–H groups in total. The number of carbonyl (C=O) groups is 1. The summed E-state index contributed by atoms with van der Waals surface area (Å²) in [5, 5.41) is 0. The molecule has 0 amide bonds. The molecule has 1 heterocycles. The van der Waals surface area contributed by atoms with Crippen molar-refractivity contribution in [3.63, 3.8) is 0 Å². The fourth-order valence-corrected chi connectivity index (χ4v) is 3.60. The number of allylic oxidation sites excluding steroid dienone is 1. The van der Waals surface area contributed by atoms with E-state index in [0.717, 1.165) is 31.4 Å². The summed E-state index contributed by atoms with van der Waals surface area (Å²) in [7, 11) is 1.47. The minimum Gasteiger partial charge on any atom is -0.469 e. The molecule has 0 saturated heterocycles. The predicted octanol–water partition coefficient (Wildman–Crippen LogP) is 4.19. The summed E-state index contributed by atoms with van der Waals surface area (Å²) in [6.45, 7) is 4.29. The number of methoxy groups -OCH3 is 1. The number of H-pyrrole nitrogens is 1. The Hall–Kier alpha value is -2.36. The second kappa shape index (κ2) is 7.04. The van der Waals surface area contributed by atoms with Gasteiger partial charge in [0.1, 0.15) is 0 Å². The third-order valence-electron chi connectivity index (χ3n) is 5.05.